The van der Waals surface area contributed by atoms with Crippen molar-refractivity contribution in [2.75, 3.05) is 5.75 Å². The molecule has 1 aliphatic rings. The topological polar surface area (TPSA) is 54.4 Å². The van der Waals surface area contributed by atoms with Crippen LogP contribution in [0.4, 0.5) is 0 Å². The summed E-state index contributed by atoms with van der Waals surface area (Å²) < 4.78 is 0. The van der Waals surface area contributed by atoms with Crippen LogP contribution < -0.4 is 0 Å². The molecular formula is C24H34O3S. The molecule has 0 bridgehead atoms. The maximum absolute atomic E-state index is 12.5. The zero-order chi connectivity index (χ0) is 20.2. The lowest BCUT2D eigenvalue weighted by atomic mass is 9.93. The van der Waals surface area contributed by atoms with Gasteiger partial charge in [0.05, 0.1) is 0 Å². The Morgan fingerprint density at radius 1 is 0.714 bits per heavy atom. The second kappa shape index (κ2) is 12.8. The number of benzene rings is 1. The smallest absolute Gasteiger partial charge is 0.229 e. The molecule has 0 spiro atoms. The highest BCUT2D eigenvalue weighted by molar-refractivity contribution is 8.04. The predicted octanol–water partition coefficient (Wildman–Crippen LogP) is 7.27. The van der Waals surface area contributed by atoms with Crippen molar-refractivity contribution >= 4 is 23.3 Å². The van der Waals surface area contributed by atoms with E-state index >= 15 is 0 Å². The molecule has 0 heterocycles. The van der Waals surface area contributed by atoms with E-state index in [1.807, 2.05) is 0 Å². The van der Waals surface area contributed by atoms with Gasteiger partial charge in [-0.25, -0.2) is 0 Å². The van der Waals surface area contributed by atoms with E-state index in [9.17, 15) is 14.7 Å². The highest BCUT2D eigenvalue weighted by Crippen LogP contribution is 2.32. The summed E-state index contributed by atoms with van der Waals surface area (Å²) in [4.78, 5) is 25.0. The zero-order valence-electron chi connectivity index (χ0n) is 17.2. The molecule has 0 aliphatic heterocycles. The molecular weight excluding hydrogens is 368 g/mol. The number of aliphatic hydroxyl groups is 1. The summed E-state index contributed by atoms with van der Waals surface area (Å²) in [5.41, 5.74) is 0.710. The number of carbonyl (C=O) groups is 2. The lowest BCUT2D eigenvalue weighted by Gasteiger charge is -2.16. The summed E-state index contributed by atoms with van der Waals surface area (Å²) in [7, 11) is 0. The minimum absolute atomic E-state index is 0.215. The van der Waals surface area contributed by atoms with Crippen LogP contribution in [-0.2, 0) is 0 Å². The fourth-order valence-corrected chi connectivity index (χ4v) is 4.61. The van der Waals surface area contributed by atoms with Gasteiger partial charge in [-0.15, -0.1) is 11.8 Å². The normalized spacial score (nSPS) is 13.9. The average Bonchev–Trinajstić information content (AvgIpc) is 2.72. The Morgan fingerprint density at radius 2 is 1.18 bits per heavy atom. The summed E-state index contributed by atoms with van der Waals surface area (Å²) in [5.74, 6) is -0.283. The molecule has 0 fully saturated rings. The molecule has 1 aromatic carbocycles. The number of ketones is 2. The third-order valence-corrected chi connectivity index (χ3v) is 6.46. The van der Waals surface area contributed by atoms with E-state index in [2.05, 4.69) is 6.92 Å². The Hall–Kier alpha value is -1.55. The van der Waals surface area contributed by atoms with E-state index in [1.165, 1.54) is 76.0 Å². The molecule has 154 valence electrons. The molecule has 4 heteroatoms. The first-order chi connectivity index (χ1) is 13.7. The molecule has 0 amide bonds. The van der Waals surface area contributed by atoms with Gasteiger partial charge in [-0.2, -0.15) is 0 Å². The SMILES string of the molecule is CCCCCCCCCCCCCCSC1=C(O)C(=O)c2ccccc2C1=O. The second-order valence-corrected chi connectivity index (χ2v) is 8.72. The maximum atomic E-state index is 12.5. The maximum Gasteiger partial charge on any atom is 0.229 e. The quantitative estimate of drug-likeness (QED) is 0.332. The van der Waals surface area contributed by atoms with Crippen LogP contribution in [0.15, 0.2) is 34.9 Å². The third-order valence-electron chi connectivity index (χ3n) is 5.30. The van der Waals surface area contributed by atoms with E-state index in [0.717, 1.165) is 18.6 Å². The molecule has 1 N–H and O–H groups in total. The number of allylic oxidation sites excluding steroid dienone is 2. The molecule has 0 unspecified atom stereocenters. The van der Waals surface area contributed by atoms with Crippen LogP contribution in [0.5, 0.6) is 0 Å². The number of hydrogen-bond acceptors (Lipinski definition) is 4. The van der Waals surface area contributed by atoms with Crippen molar-refractivity contribution in [2.24, 2.45) is 0 Å². The van der Waals surface area contributed by atoms with Crippen LogP contribution in [0.2, 0.25) is 0 Å². The number of aliphatic hydroxyl groups excluding tert-OH is 1. The van der Waals surface area contributed by atoms with Gasteiger partial charge in [0.1, 0.15) is 4.91 Å². The van der Waals surface area contributed by atoms with Gasteiger partial charge in [0.2, 0.25) is 11.6 Å². The van der Waals surface area contributed by atoms with Crippen LogP contribution in [0.1, 0.15) is 105 Å². The monoisotopic (exact) mass is 402 g/mol. The standard InChI is InChI=1S/C24H34O3S/c1-2-3-4-5-6-7-8-9-10-11-12-15-18-28-24-22(26)20-17-14-13-16-19(20)21(25)23(24)27/h13-14,16-17,27H,2-12,15,18H2,1H3. The largest absolute Gasteiger partial charge is 0.503 e. The second-order valence-electron chi connectivity index (χ2n) is 7.62. The Morgan fingerprint density at radius 3 is 1.71 bits per heavy atom. The predicted molar refractivity (Wildman–Crippen MR) is 118 cm³/mol. The van der Waals surface area contributed by atoms with Crippen LogP contribution in [0, 0.1) is 0 Å². The highest BCUT2D eigenvalue weighted by Gasteiger charge is 2.31. The van der Waals surface area contributed by atoms with Gasteiger partial charge in [0, 0.05) is 11.1 Å². The summed E-state index contributed by atoms with van der Waals surface area (Å²) in [6, 6.07) is 6.71. The van der Waals surface area contributed by atoms with Crippen molar-refractivity contribution < 1.29 is 14.7 Å². The first-order valence-electron chi connectivity index (χ1n) is 10.9. The first kappa shape index (κ1) is 22.7. The Balaban J connectivity index is 1.57. The molecule has 3 nitrogen and oxygen atoms in total. The molecule has 0 saturated carbocycles. The number of carbonyl (C=O) groups excluding carboxylic acids is 2. The number of fused-ring (bicyclic) bond motifs is 1. The van der Waals surface area contributed by atoms with E-state index in [4.69, 9.17) is 0 Å². The fourth-order valence-electron chi connectivity index (χ4n) is 3.59. The summed E-state index contributed by atoms with van der Waals surface area (Å²) in [6.07, 6.45) is 15.5. The third kappa shape index (κ3) is 6.80. The van der Waals surface area contributed by atoms with Crippen molar-refractivity contribution in [3.8, 4) is 0 Å². The average molecular weight is 403 g/mol. The van der Waals surface area contributed by atoms with E-state index in [0.29, 0.717) is 11.1 Å². The number of Topliss-reactive ketones (excluding diaryl/α,β-unsaturated/α-hetero) is 2. The van der Waals surface area contributed by atoms with Crippen molar-refractivity contribution in [1.82, 2.24) is 0 Å². The van der Waals surface area contributed by atoms with Crippen molar-refractivity contribution in [3.63, 3.8) is 0 Å². The van der Waals surface area contributed by atoms with Crippen molar-refractivity contribution in [3.05, 3.63) is 46.1 Å². The van der Waals surface area contributed by atoms with Gasteiger partial charge in [-0.3, -0.25) is 9.59 Å². The fraction of sp³-hybridized carbons (Fsp3) is 0.583. The van der Waals surface area contributed by atoms with Crippen LogP contribution in [0.25, 0.3) is 0 Å². The summed E-state index contributed by atoms with van der Waals surface area (Å²) in [6.45, 7) is 2.25. The van der Waals surface area contributed by atoms with E-state index in [-0.39, 0.29) is 16.4 Å². The van der Waals surface area contributed by atoms with Gasteiger partial charge < -0.3 is 5.11 Å². The molecule has 0 atom stereocenters. The minimum atomic E-state index is -0.438. The van der Waals surface area contributed by atoms with Gasteiger partial charge in [0.25, 0.3) is 0 Å². The zero-order valence-corrected chi connectivity index (χ0v) is 18.0. The Bertz CT molecular complexity index is 678. The lowest BCUT2D eigenvalue weighted by Crippen LogP contribution is -2.20. The number of unbranched alkanes of at least 4 members (excludes halogenated alkanes) is 11. The molecule has 1 aliphatic carbocycles. The van der Waals surface area contributed by atoms with Gasteiger partial charge in [0.15, 0.2) is 5.76 Å². The van der Waals surface area contributed by atoms with Gasteiger partial charge in [-0.1, -0.05) is 102 Å². The van der Waals surface area contributed by atoms with Crippen LogP contribution in [0.3, 0.4) is 0 Å². The van der Waals surface area contributed by atoms with Crippen molar-refractivity contribution in [2.45, 2.75) is 84.0 Å². The molecule has 1 aromatic rings. The van der Waals surface area contributed by atoms with Gasteiger partial charge in [-0.05, 0) is 12.2 Å². The Kier molecular flexibility index (Phi) is 10.4. The van der Waals surface area contributed by atoms with Crippen LogP contribution >= 0.6 is 11.8 Å². The van der Waals surface area contributed by atoms with Crippen LogP contribution in [-0.4, -0.2) is 22.4 Å². The molecule has 0 radical (unpaired) electrons. The molecule has 2 rings (SSSR count). The summed E-state index contributed by atoms with van der Waals surface area (Å²) in [5, 5.41) is 10.1. The lowest BCUT2D eigenvalue weighted by molar-refractivity contribution is 0.0936. The minimum Gasteiger partial charge on any atom is -0.503 e. The molecule has 0 aromatic heterocycles. The van der Waals surface area contributed by atoms with Crippen molar-refractivity contribution in [1.29, 1.82) is 0 Å². The number of rotatable bonds is 14. The molecule has 28 heavy (non-hydrogen) atoms. The summed E-state index contributed by atoms with van der Waals surface area (Å²) >= 11 is 1.32. The molecule has 0 saturated heterocycles. The van der Waals surface area contributed by atoms with E-state index < -0.39 is 5.78 Å². The highest BCUT2D eigenvalue weighted by atomic mass is 32.2. The van der Waals surface area contributed by atoms with Gasteiger partial charge >= 0.3 is 0 Å². The Labute approximate surface area is 174 Å². The number of thioether (sulfide) groups is 1. The van der Waals surface area contributed by atoms with E-state index in [1.54, 1.807) is 24.3 Å². The number of hydrogen-bond donors (Lipinski definition) is 1. The first-order valence-corrected chi connectivity index (χ1v) is 11.9.